The van der Waals surface area contributed by atoms with Crippen LogP contribution in [0, 0.1) is 11.8 Å². The van der Waals surface area contributed by atoms with Crippen molar-refractivity contribution in [3.05, 3.63) is 35.8 Å². The topological polar surface area (TPSA) is 13.1 Å². The second kappa shape index (κ2) is 4.46. The summed E-state index contributed by atoms with van der Waals surface area (Å²) in [6, 6.07) is 3.70. The largest absolute Gasteiger partial charge is 0.456 e. The van der Waals surface area contributed by atoms with Crippen molar-refractivity contribution in [1.82, 2.24) is 0 Å². The van der Waals surface area contributed by atoms with Gasteiger partial charge in [-0.2, -0.15) is 0 Å². The number of hydrogen-bond acceptors (Lipinski definition) is 1. The van der Waals surface area contributed by atoms with Gasteiger partial charge < -0.3 is 4.42 Å². The summed E-state index contributed by atoms with van der Waals surface area (Å²) >= 11 is 0. The Kier molecular flexibility index (Phi) is 3.22. The Labute approximate surface area is 73.1 Å². The van der Waals surface area contributed by atoms with E-state index >= 15 is 0 Å². The van der Waals surface area contributed by atoms with E-state index in [1.807, 2.05) is 19.1 Å². The summed E-state index contributed by atoms with van der Waals surface area (Å²) in [5.74, 6) is 6.69. The molecule has 1 aromatic rings. The average Bonchev–Trinajstić information content (AvgIpc) is 2.57. The summed E-state index contributed by atoms with van der Waals surface area (Å²) in [5, 5.41) is 0. The molecule has 0 aliphatic rings. The molecule has 1 nitrogen and oxygen atoms in total. The van der Waals surface area contributed by atoms with Crippen molar-refractivity contribution in [3.63, 3.8) is 0 Å². The molecule has 0 aliphatic carbocycles. The highest BCUT2D eigenvalue weighted by Crippen LogP contribution is 1.99. The van der Waals surface area contributed by atoms with E-state index in [4.69, 9.17) is 4.42 Å². The standard InChI is InChI=1S/C11H12O/c1-3-10(2)6-4-7-11-8-5-9-12-11/h3,5,8-9H,6H2,1-2H3/b10-3+. The molecule has 0 N–H and O–H groups in total. The van der Waals surface area contributed by atoms with E-state index in [1.54, 1.807) is 6.26 Å². The molecular weight excluding hydrogens is 148 g/mol. The van der Waals surface area contributed by atoms with Gasteiger partial charge in [0, 0.05) is 6.42 Å². The van der Waals surface area contributed by atoms with Gasteiger partial charge >= 0.3 is 0 Å². The lowest BCUT2D eigenvalue weighted by molar-refractivity contribution is 0.554. The fraction of sp³-hybridized carbons (Fsp3) is 0.273. The molecule has 0 atom stereocenters. The van der Waals surface area contributed by atoms with E-state index in [1.165, 1.54) is 5.57 Å². The van der Waals surface area contributed by atoms with Crippen LogP contribution < -0.4 is 0 Å². The first-order chi connectivity index (χ1) is 5.83. The van der Waals surface area contributed by atoms with Crippen molar-refractivity contribution < 1.29 is 4.42 Å². The van der Waals surface area contributed by atoms with Gasteiger partial charge in [-0.1, -0.05) is 17.6 Å². The van der Waals surface area contributed by atoms with Crippen LogP contribution in [0.1, 0.15) is 26.0 Å². The van der Waals surface area contributed by atoms with E-state index in [0.29, 0.717) is 0 Å². The molecule has 0 aromatic carbocycles. The van der Waals surface area contributed by atoms with E-state index in [-0.39, 0.29) is 0 Å². The highest BCUT2D eigenvalue weighted by atomic mass is 16.3. The third kappa shape index (κ3) is 2.67. The van der Waals surface area contributed by atoms with Gasteiger partial charge in [-0.15, -0.1) is 0 Å². The Bertz CT molecular complexity index is 307. The quantitative estimate of drug-likeness (QED) is 0.454. The Morgan fingerprint density at radius 3 is 3.08 bits per heavy atom. The van der Waals surface area contributed by atoms with Crippen LogP contribution >= 0.6 is 0 Å². The first kappa shape index (κ1) is 8.67. The van der Waals surface area contributed by atoms with Gasteiger partial charge in [-0.3, -0.25) is 0 Å². The molecule has 1 heterocycles. The fourth-order valence-electron chi connectivity index (χ4n) is 0.722. The second-order valence-electron chi connectivity index (χ2n) is 2.59. The van der Waals surface area contributed by atoms with Crippen LogP contribution in [0.4, 0.5) is 0 Å². The predicted octanol–water partition coefficient (Wildman–Crippen LogP) is 2.99. The monoisotopic (exact) mass is 160 g/mol. The first-order valence-corrected chi connectivity index (χ1v) is 3.97. The molecule has 12 heavy (non-hydrogen) atoms. The number of allylic oxidation sites excluding steroid dienone is 2. The minimum atomic E-state index is 0.735. The summed E-state index contributed by atoms with van der Waals surface area (Å²) in [7, 11) is 0. The minimum Gasteiger partial charge on any atom is -0.456 e. The predicted molar refractivity (Wildman–Crippen MR) is 49.6 cm³/mol. The van der Waals surface area contributed by atoms with Crippen molar-refractivity contribution >= 4 is 0 Å². The van der Waals surface area contributed by atoms with E-state index < -0.39 is 0 Å². The molecule has 0 aliphatic heterocycles. The molecule has 0 saturated carbocycles. The van der Waals surface area contributed by atoms with Gasteiger partial charge in [0.1, 0.15) is 0 Å². The smallest absolute Gasteiger partial charge is 0.176 e. The zero-order chi connectivity index (χ0) is 8.81. The molecule has 0 radical (unpaired) electrons. The summed E-state index contributed by atoms with van der Waals surface area (Å²) < 4.78 is 5.06. The molecule has 0 amide bonds. The molecule has 0 spiro atoms. The number of hydrogen-bond donors (Lipinski definition) is 0. The van der Waals surface area contributed by atoms with Crippen molar-refractivity contribution in [1.29, 1.82) is 0 Å². The molecule has 0 saturated heterocycles. The van der Waals surface area contributed by atoms with Gasteiger partial charge in [-0.25, -0.2) is 0 Å². The van der Waals surface area contributed by atoms with Crippen LogP contribution in [-0.2, 0) is 0 Å². The lowest BCUT2D eigenvalue weighted by Crippen LogP contribution is -1.71. The normalized spacial score (nSPS) is 10.7. The van der Waals surface area contributed by atoms with Gasteiger partial charge in [0.2, 0.25) is 0 Å². The summed E-state index contributed by atoms with van der Waals surface area (Å²) in [6.07, 6.45) is 4.51. The Morgan fingerprint density at radius 2 is 2.50 bits per heavy atom. The van der Waals surface area contributed by atoms with Gasteiger partial charge in [-0.05, 0) is 31.9 Å². The van der Waals surface area contributed by atoms with Crippen molar-refractivity contribution in [2.75, 3.05) is 0 Å². The van der Waals surface area contributed by atoms with E-state index in [0.717, 1.165) is 12.2 Å². The molecule has 1 heteroatoms. The van der Waals surface area contributed by atoms with Gasteiger partial charge in [0.05, 0.1) is 6.26 Å². The molecule has 0 bridgehead atoms. The van der Waals surface area contributed by atoms with Crippen LogP contribution in [-0.4, -0.2) is 0 Å². The van der Waals surface area contributed by atoms with Gasteiger partial charge in [0.25, 0.3) is 0 Å². The van der Waals surface area contributed by atoms with Crippen LogP contribution in [0.5, 0.6) is 0 Å². The Morgan fingerprint density at radius 1 is 1.67 bits per heavy atom. The van der Waals surface area contributed by atoms with Crippen LogP contribution in [0.3, 0.4) is 0 Å². The average molecular weight is 160 g/mol. The number of furan rings is 1. The highest BCUT2D eigenvalue weighted by Gasteiger charge is 1.85. The lowest BCUT2D eigenvalue weighted by atomic mass is 10.2. The Balaban J connectivity index is 2.51. The Hall–Kier alpha value is -1.42. The van der Waals surface area contributed by atoms with Crippen LogP contribution in [0.15, 0.2) is 34.5 Å². The maximum atomic E-state index is 5.06. The third-order valence-electron chi connectivity index (χ3n) is 1.59. The maximum absolute atomic E-state index is 5.06. The highest BCUT2D eigenvalue weighted by molar-refractivity contribution is 5.26. The van der Waals surface area contributed by atoms with Crippen molar-refractivity contribution in [2.45, 2.75) is 20.3 Å². The molecule has 62 valence electrons. The lowest BCUT2D eigenvalue weighted by Gasteiger charge is -1.87. The zero-order valence-electron chi connectivity index (χ0n) is 7.42. The molecule has 1 rings (SSSR count). The molecular formula is C11H12O. The minimum absolute atomic E-state index is 0.735. The van der Waals surface area contributed by atoms with Gasteiger partial charge in [0.15, 0.2) is 5.76 Å². The molecule has 1 aromatic heterocycles. The van der Waals surface area contributed by atoms with Crippen molar-refractivity contribution in [2.24, 2.45) is 0 Å². The number of rotatable bonds is 1. The summed E-state index contributed by atoms with van der Waals surface area (Å²) in [6.45, 7) is 4.08. The van der Waals surface area contributed by atoms with Crippen LogP contribution in [0.2, 0.25) is 0 Å². The summed E-state index contributed by atoms with van der Waals surface area (Å²) in [4.78, 5) is 0. The van der Waals surface area contributed by atoms with E-state index in [2.05, 4.69) is 24.8 Å². The SMILES string of the molecule is C/C=C(\C)CC#Cc1ccco1. The maximum Gasteiger partial charge on any atom is 0.176 e. The molecule has 0 unspecified atom stereocenters. The summed E-state index contributed by atoms with van der Waals surface area (Å²) in [5.41, 5.74) is 1.29. The van der Waals surface area contributed by atoms with E-state index in [9.17, 15) is 0 Å². The second-order valence-corrected chi connectivity index (χ2v) is 2.59. The van der Waals surface area contributed by atoms with Crippen LogP contribution in [0.25, 0.3) is 0 Å². The zero-order valence-corrected chi connectivity index (χ0v) is 7.42. The van der Waals surface area contributed by atoms with Crippen molar-refractivity contribution in [3.8, 4) is 11.8 Å². The fourth-order valence-corrected chi connectivity index (χ4v) is 0.722. The molecule has 0 fully saturated rings. The first-order valence-electron chi connectivity index (χ1n) is 3.97. The third-order valence-corrected chi connectivity index (χ3v) is 1.59.